The van der Waals surface area contributed by atoms with Crippen molar-refractivity contribution in [2.45, 2.75) is 6.54 Å². The highest BCUT2D eigenvalue weighted by molar-refractivity contribution is 6.31. The molecule has 0 amide bonds. The Morgan fingerprint density at radius 3 is 2.45 bits per heavy atom. The molecule has 4 rings (SSSR count). The number of fused-ring (bicyclic) bond motifs is 2. The average Bonchev–Trinajstić information content (AvgIpc) is 2.65. The van der Waals surface area contributed by atoms with Gasteiger partial charge in [-0.3, -0.25) is 4.57 Å². The first-order valence-electron chi connectivity index (χ1n) is 8.00. The number of rotatable bonds is 2. The molecule has 0 bridgehead atoms. The third-order valence-corrected chi connectivity index (χ3v) is 4.20. The Morgan fingerprint density at radius 2 is 1.76 bits per heavy atom. The smallest absolute Gasteiger partial charge is 0.409 e. The summed E-state index contributed by atoms with van der Waals surface area (Å²) in [4.78, 5) is 26.5. The molecule has 0 atom stereocenters. The molecule has 2 aromatic carbocycles. The van der Waals surface area contributed by atoms with Crippen LogP contribution in [0.5, 0.6) is 0 Å². The highest BCUT2D eigenvalue weighted by Crippen LogP contribution is 2.15. The van der Waals surface area contributed by atoms with Crippen LogP contribution >= 0.6 is 23.2 Å². The topological polar surface area (TPSA) is 135 Å². The van der Waals surface area contributed by atoms with Crippen LogP contribution in [0.15, 0.2) is 58.6 Å². The molecule has 0 fully saturated rings. The summed E-state index contributed by atoms with van der Waals surface area (Å²) in [6.45, 7) is 3.82. The lowest BCUT2D eigenvalue weighted by atomic mass is 10.3. The molecule has 0 saturated heterocycles. The standard InChI is InChI=1S/C10H8ClN3O2.C7H4ClN3O2/c1-2-5-13-9-6-7(11)3-4-8(9)14(16)12-10(13)15;8-4-1-2-6-5(3-4)9-7(12)10-11(6)13/h2-4,6H,1,5H2;1-3H,(H,9,10,12). The van der Waals surface area contributed by atoms with Crippen molar-refractivity contribution in [3.8, 4) is 0 Å². The molecular formula is C17H12Cl2N6O4. The van der Waals surface area contributed by atoms with E-state index in [-0.39, 0.29) is 17.6 Å². The second-order valence-electron chi connectivity index (χ2n) is 5.64. The number of aromatic nitrogens is 6. The summed E-state index contributed by atoms with van der Waals surface area (Å²) in [6.07, 6.45) is 1.55. The van der Waals surface area contributed by atoms with Crippen LogP contribution in [0.4, 0.5) is 0 Å². The minimum atomic E-state index is -0.690. The molecule has 148 valence electrons. The largest absolute Gasteiger partial charge is 0.595 e. The third kappa shape index (κ3) is 4.33. The summed E-state index contributed by atoms with van der Waals surface area (Å²) in [5, 5.41) is 28.7. The van der Waals surface area contributed by atoms with E-state index < -0.39 is 11.4 Å². The molecule has 0 aliphatic heterocycles. The second-order valence-corrected chi connectivity index (χ2v) is 6.52. The van der Waals surface area contributed by atoms with Crippen LogP contribution in [0.2, 0.25) is 10.0 Å². The zero-order valence-electron chi connectivity index (χ0n) is 14.6. The SMILES string of the molecule is C=CCn1c(=O)n[n+]([O-])c2ccc(Cl)cc21.O=c1nc2cc(Cl)ccc2[n+]([O-])[nH]1. The molecule has 0 aliphatic rings. The van der Waals surface area contributed by atoms with Gasteiger partial charge >= 0.3 is 11.4 Å². The number of hydrogen-bond acceptors (Lipinski definition) is 6. The van der Waals surface area contributed by atoms with Crippen LogP contribution in [-0.4, -0.2) is 19.7 Å². The molecule has 2 heterocycles. The lowest BCUT2D eigenvalue weighted by Gasteiger charge is -2.05. The van der Waals surface area contributed by atoms with Crippen LogP contribution in [0, 0.1) is 10.4 Å². The van der Waals surface area contributed by atoms with E-state index in [2.05, 4.69) is 16.7 Å². The van der Waals surface area contributed by atoms with Crippen molar-refractivity contribution in [1.29, 1.82) is 0 Å². The summed E-state index contributed by atoms with van der Waals surface area (Å²) >= 11 is 11.5. The van der Waals surface area contributed by atoms with E-state index in [0.717, 1.165) is 0 Å². The van der Waals surface area contributed by atoms with Gasteiger partial charge in [-0.05, 0) is 29.1 Å². The molecule has 0 spiro atoms. The van der Waals surface area contributed by atoms with Crippen molar-refractivity contribution in [2.75, 3.05) is 0 Å². The first kappa shape index (κ1) is 20.2. The molecule has 0 saturated carbocycles. The first-order chi connectivity index (χ1) is 13.8. The Labute approximate surface area is 172 Å². The number of hydrogen-bond donors (Lipinski definition) is 1. The van der Waals surface area contributed by atoms with Crippen molar-refractivity contribution < 1.29 is 9.69 Å². The molecule has 1 N–H and O–H groups in total. The van der Waals surface area contributed by atoms with Crippen LogP contribution in [0.3, 0.4) is 0 Å². The minimum Gasteiger partial charge on any atom is -0.595 e. The number of benzene rings is 2. The average molecular weight is 435 g/mol. The number of halogens is 2. The molecule has 29 heavy (non-hydrogen) atoms. The maximum absolute atomic E-state index is 11.5. The highest BCUT2D eigenvalue weighted by atomic mass is 35.5. The predicted molar refractivity (Wildman–Crippen MR) is 107 cm³/mol. The van der Waals surface area contributed by atoms with Crippen molar-refractivity contribution in [2.24, 2.45) is 0 Å². The molecule has 2 aromatic heterocycles. The van der Waals surface area contributed by atoms with E-state index >= 15 is 0 Å². The summed E-state index contributed by atoms with van der Waals surface area (Å²) < 4.78 is 1.34. The highest BCUT2D eigenvalue weighted by Gasteiger charge is 2.12. The first-order valence-corrected chi connectivity index (χ1v) is 8.75. The maximum Gasteiger partial charge on any atom is 0.409 e. The van der Waals surface area contributed by atoms with Crippen LogP contribution < -0.4 is 21.1 Å². The molecule has 0 unspecified atom stereocenters. The molecule has 0 aliphatic carbocycles. The Morgan fingerprint density at radius 1 is 1.10 bits per heavy atom. The number of nitrogens with zero attached hydrogens (tertiary/aromatic N) is 5. The van der Waals surface area contributed by atoms with E-state index in [4.69, 9.17) is 23.2 Å². The van der Waals surface area contributed by atoms with E-state index in [1.165, 1.54) is 22.8 Å². The van der Waals surface area contributed by atoms with Crippen molar-refractivity contribution in [3.05, 3.63) is 90.5 Å². The number of aromatic amines is 1. The van der Waals surface area contributed by atoms with E-state index in [0.29, 0.717) is 30.8 Å². The normalized spacial score (nSPS) is 10.6. The van der Waals surface area contributed by atoms with Crippen LogP contribution in [-0.2, 0) is 6.54 Å². The molecule has 10 nitrogen and oxygen atoms in total. The van der Waals surface area contributed by atoms with E-state index in [9.17, 15) is 20.0 Å². The van der Waals surface area contributed by atoms with Crippen molar-refractivity contribution in [1.82, 2.24) is 19.7 Å². The Hall–Kier alpha value is -3.50. The number of nitrogens with one attached hydrogen (secondary N) is 1. The van der Waals surface area contributed by atoms with Gasteiger partial charge in [0.2, 0.25) is 0 Å². The van der Waals surface area contributed by atoms with Gasteiger partial charge in [-0.15, -0.1) is 6.58 Å². The maximum atomic E-state index is 11.5. The number of allylic oxidation sites excluding steroid dienone is 1. The zero-order chi connectivity index (χ0) is 21.1. The molecule has 12 heteroatoms. The van der Waals surface area contributed by atoms with E-state index in [1.807, 2.05) is 5.10 Å². The predicted octanol–water partition coefficient (Wildman–Crippen LogP) is 1.08. The van der Waals surface area contributed by atoms with Gasteiger partial charge in [0.15, 0.2) is 0 Å². The van der Waals surface area contributed by atoms with Gasteiger partial charge in [0.1, 0.15) is 11.0 Å². The van der Waals surface area contributed by atoms with Gasteiger partial charge in [-0.25, -0.2) is 9.59 Å². The lowest BCUT2D eigenvalue weighted by molar-refractivity contribution is -0.645. The van der Waals surface area contributed by atoms with Crippen molar-refractivity contribution in [3.63, 3.8) is 0 Å². The summed E-state index contributed by atoms with van der Waals surface area (Å²) in [5.74, 6) is 0. The van der Waals surface area contributed by atoms with Gasteiger partial charge in [0.05, 0.1) is 5.10 Å². The Balaban J connectivity index is 0.000000169. The monoisotopic (exact) mass is 434 g/mol. The van der Waals surface area contributed by atoms with E-state index in [1.54, 1.807) is 24.3 Å². The Kier molecular flexibility index (Phi) is 5.76. The van der Waals surface area contributed by atoms with Gasteiger partial charge in [0.25, 0.3) is 11.0 Å². The van der Waals surface area contributed by atoms with Crippen LogP contribution in [0.25, 0.3) is 22.1 Å². The second kappa shape index (κ2) is 8.25. The molecular weight excluding hydrogens is 423 g/mol. The van der Waals surface area contributed by atoms with Crippen molar-refractivity contribution >= 4 is 45.3 Å². The minimum absolute atomic E-state index is 0.281. The summed E-state index contributed by atoms with van der Waals surface area (Å²) in [5.41, 5.74) is -0.00191. The van der Waals surface area contributed by atoms with Gasteiger partial charge in [-0.2, -0.15) is 4.98 Å². The number of H-pyrrole nitrogens is 1. The molecule has 4 aromatic rings. The quantitative estimate of drug-likeness (QED) is 0.285. The summed E-state index contributed by atoms with van der Waals surface area (Å²) in [6, 6.07) is 9.16. The Bertz CT molecular complexity index is 1350. The van der Waals surface area contributed by atoms with Gasteiger partial charge in [0, 0.05) is 28.7 Å². The fourth-order valence-electron chi connectivity index (χ4n) is 2.51. The van der Waals surface area contributed by atoms with Gasteiger partial charge < -0.3 is 10.4 Å². The molecule has 0 radical (unpaired) electrons. The fraction of sp³-hybridized carbons (Fsp3) is 0.0588. The zero-order valence-corrected chi connectivity index (χ0v) is 16.1. The van der Waals surface area contributed by atoms with Crippen LogP contribution in [0.1, 0.15) is 0 Å². The fourth-order valence-corrected chi connectivity index (χ4v) is 2.84. The summed E-state index contributed by atoms with van der Waals surface area (Å²) in [7, 11) is 0. The third-order valence-electron chi connectivity index (χ3n) is 3.73. The van der Waals surface area contributed by atoms with Gasteiger partial charge in [-0.1, -0.05) is 39.2 Å². The lowest BCUT2D eigenvalue weighted by Crippen LogP contribution is -2.42.